The number of hydrogen-bond donors (Lipinski definition) is 1. The molecule has 86 valence electrons. The maximum Gasteiger partial charge on any atom is 0.130 e. The zero-order valence-corrected chi connectivity index (χ0v) is 9.87. The SMILES string of the molecule is CC(C)(C)[C@@H](N)c1ccc(F)cc1F.Cl. The van der Waals surface area contributed by atoms with Crippen molar-refractivity contribution in [2.24, 2.45) is 11.1 Å². The minimum absolute atomic E-state index is 0. The van der Waals surface area contributed by atoms with Gasteiger partial charge >= 0.3 is 0 Å². The molecule has 1 nitrogen and oxygen atoms in total. The first-order valence-electron chi connectivity index (χ1n) is 4.53. The molecule has 0 aliphatic carbocycles. The highest BCUT2D eigenvalue weighted by Crippen LogP contribution is 2.31. The lowest BCUT2D eigenvalue weighted by Crippen LogP contribution is -2.27. The summed E-state index contributed by atoms with van der Waals surface area (Å²) in [5.74, 6) is -1.15. The van der Waals surface area contributed by atoms with Gasteiger partial charge in [-0.2, -0.15) is 0 Å². The van der Waals surface area contributed by atoms with E-state index in [9.17, 15) is 8.78 Å². The third kappa shape index (κ3) is 3.43. The third-order valence-electron chi connectivity index (χ3n) is 2.23. The topological polar surface area (TPSA) is 26.0 Å². The van der Waals surface area contributed by atoms with Crippen LogP contribution in [0.4, 0.5) is 8.78 Å². The Morgan fingerprint density at radius 2 is 1.73 bits per heavy atom. The van der Waals surface area contributed by atoms with Crippen LogP contribution in [0.25, 0.3) is 0 Å². The summed E-state index contributed by atoms with van der Waals surface area (Å²) in [7, 11) is 0. The van der Waals surface area contributed by atoms with Crippen LogP contribution in [-0.4, -0.2) is 0 Å². The Kier molecular flexibility index (Phi) is 4.68. The largest absolute Gasteiger partial charge is 0.323 e. The zero-order valence-electron chi connectivity index (χ0n) is 9.05. The fraction of sp³-hybridized carbons (Fsp3) is 0.455. The van der Waals surface area contributed by atoms with Crippen molar-refractivity contribution >= 4 is 12.4 Å². The van der Waals surface area contributed by atoms with E-state index in [-0.39, 0.29) is 17.8 Å². The maximum atomic E-state index is 13.3. The number of halogens is 3. The standard InChI is InChI=1S/C11H15F2N.ClH/c1-11(2,3)10(14)8-5-4-7(12)6-9(8)13;/h4-6,10H,14H2,1-3H3;1H/t10-;/m0./s1. The first kappa shape index (κ1) is 14.3. The van der Waals surface area contributed by atoms with E-state index >= 15 is 0 Å². The fourth-order valence-corrected chi connectivity index (χ4v) is 1.22. The Labute approximate surface area is 95.1 Å². The van der Waals surface area contributed by atoms with E-state index in [2.05, 4.69) is 0 Å². The van der Waals surface area contributed by atoms with Gasteiger partial charge in [-0.05, 0) is 11.5 Å². The Hall–Kier alpha value is -0.670. The van der Waals surface area contributed by atoms with Gasteiger partial charge in [0.15, 0.2) is 0 Å². The molecule has 0 saturated carbocycles. The molecule has 2 N–H and O–H groups in total. The number of hydrogen-bond acceptors (Lipinski definition) is 1. The maximum absolute atomic E-state index is 13.3. The van der Waals surface area contributed by atoms with Gasteiger partial charge in [-0.3, -0.25) is 0 Å². The van der Waals surface area contributed by atoms with Crippen LogP contribution in [0.15, 0.2) is 18.2 Å². The highest BCUT2D eigenvalue weighted by molar-refractivity contribution is 5.85. The van der Waals surface area contributed by atoms with Crippen LogP contribution in [0.3, 0.4) is 0 Å². The minimum Gasteiger partial charge on any atom is -0.323 e. The summed E-state index contributed by atoms with van der Waals surface area (Å²) in [4.78, 5) is 0. The van der Waals surface area contributed by atoms with Crippen LogP contribution in [0, 0.1) is 17.0 Å². The molecule has 0 saturated heterocycles. The first-order chi connectivity index (χ1) is 6.32. The molecule has 4 heteroatoms. The summed E-state index contributed by atoms with van der Waals surface area (Å²) in [5, 5.41) is 0. The van der Waals surface area contributed by atoms with Crippen molar-refractivity contribution in [1.82, 2.24) is 0 Å². The molecule has 0 amide bonds. The summed E-state index contributed by atoms with van der Waals surface area (Å²) in [6.45, 7) is 5.75. The van der Waals surface area contributed by atoms with Crippen molar-refractivity contribution in [2.45, 2.75) is 26.8 Å². The molecule has 0 radical (unpaired) electrons. The second kappa shape index (κ2) is 4.90. The zero-order chi connectivity index (χ0) is 10.9. The van der Waals surface area contributed by atoms with E-state index in [4.69, 9.17) is 5.73 Å². The minimum atomic E-state index is -0.577. The van der Waals surface area contributed by atoms with Crippen molar-refractivity contribution in [1.29, 1.82) is 0 Å². The first-order valence-corrected chi connectivity index (χ1v) is 4.53. The van der Waals surface area contributed by atoms with Gasteiger partial charge in [0, 0.05) is 17.7 Å². The number of benzene rings is 1. The van der Waals surface area contributed by atoms with Crippen LogP contribution in [0.1, 0.15) is 32.4 Å². The van der Waals surface area contributed by atoms with Crippen LogP contribution in [0.5, 0.6) is 0 Å². The highest BCUT2D eigenvalue weighted by Gasteiger charge is 2.24. The molecule has 0 unspecified atom stereocenters. The lowest BCUT2D eigenvalue weighted by Gasteiger charge is -2.27. The van der Waals surface area contributed by atoms with Crippen LogP contribution < -0.4 is 5.73 Å². The average Bonchev–Trinajstić information content (AvgIpc) is 2.01. The van der Waals surface area contributed by atoms with Gasteiger partial charge in [-0.1, -0.05) is 26.8 Å². The fourth-order valence-electron chi connectivity index (χ4n) is 1.22. The summed E-state index contributed by atoms with van der Waals surface area (Å²) in [6, 6.07) is 3.06. The van der Waals surface area contributed by atoms with Gasteiger partial charge in [-0.15, -0.1) is 12.4 Å². The summed E-state index contributed by atoms with van der Waals surface area (Å²) < 4.78 is 25.9. The number of rotatable bonds is 1. The van der Waals surface area contributed by atoms with Crippen molar-refractivity contribution in [3.63, 3.8) is 0 Å². The second-order valence-electron chi connectivity index (χ2n) is 4.51. The highest BCUT2D eigenvalue weighted by atomic mass is 35.5. The monoisotopic (exact) mass is 235 g/mol. The molecule has 0 fully saturated rings. The summed E-state index contributed by atoms with van der Waals surface area (Å²) in [5.41, 5.74) is 5.98. The normalized spacial score (nSPS) is 13.2. The van der Waals surface area contributed by atoms with Crippen LogP contribution >= 0.6 is 12.4 Å². The molecule has 1 aromatic rings. The Morgan fingerprint density at radius 1 is 1.20 bits per heavy atom. The molecular weight excluding hydrogens is 220 g/mol. The Bertz CT molecular complexity index is 334. The molecule has 0 bridgehead atoms. The van der Waals surface area contributed by atoms with Gasteiger partial charge in [0.25, 0.3) is 0 Å². The molecule has 1 rings (SSSR count). The molecule has 0 aliphatic rings. The van der Waals surface area contributed by atoms with E-state index in [0.29, 0.717) is 5.56 Å². The van der Waals surface area contributed by atoms with Crippen LogP contribution in [0.2, 0.25) is 0 Å². The van der Waals surface area contributed by atoms with E-state index < -0.39 is 17.7 Å². The van der Waals surface area contributed by atoms with Gasteiger partial charge < -0.3 is 5.73 Å². The molecule has 1 atom stereocenters. The molecular formula is C11H16ClF2N. The van der Waals surface area contributed by atoms with E-state index in [1.54, 1.807) is 0 Å². The molecule has 0 aliphatic heterocycles. The lowest BCUT2D eigenvalue weighted by molar-refractivity contribution is 0.318. The quantitative estimate of drug-likeness (QED) is 0.793. The second-order valence-corrected chi connectivity index (χ2v) is 4.51. The van der Waals surface area contributed by atoms with Crippen molar-refractivity contribution < 1.29 is 8.78 Å². The van der Waals surface area contributed by atoms with Crippen LogP contribution in [-0.2, 0) is 0 Å². The van der Waals surface area contributed by atoms with E-state index in [1.807, 2.05) is 20.8 Å². The molecule has 0 heterocycles. The van der Waals surface area contributed by atoms with Crippen molar-refractivity contribution in [3.8, 4) is 0 Å². The van der Waals surface area contributed by atoms with E-state index in [1.165, 1.54) is 12.1 Å². The number of nitrogens with two attached hydrogens (primary N) is 1. The third-order valence-corrected chi connectivity index (χ3v) is 2.23. The molecule has 0 spiro atoms. The smallest absolute Gasteiger partial charge is 0.130 e. The predicted octanol–water partition coefficient (Wildman–Crippen LogP) is 3.43. The molecule has 0 aromatic heterocycles. The molecule has 15 heavy (non-hydrogen) atoms. The van der Waals surface area contributed by atoms with Gasteiger partial charge in [0.05, 0.1) is 0 Å². The predicted molar refractivity (Wildman–Crippen MR) is 60.0 cm³/mol. The van der Waals surface area contributed by atoms with Crippen molar-refractivity contribution in [3.05, 3.63) is 35.4 Å². The van der Waals surface area contributed by atoms with Gasteiger partial charge in [0.2, 0.25) is 0 Å². The molecule has 1 aromatic carbocycles. The summed E-state index contributed by atoms with van der Waals surface area (Å²) in [6.07, 6.45) is 0. The average molecular weight is 236 g/mol. The Morgan fingerprint density at radius 3 is 2.13 bits per heavy atom. The van der Waals surface area contributed by atoms with Gasteiger partial charge in [-0.25, -0.2) is 8.78 Å². The summed E-state index contributed by atoms with van der Waals surface area (Å²) >= 11 is 0. The van der Waals surface area contributed by atoms with E-state index in [0.717, 1.165) is 6.07 Å². The van der Waals surface area contributed by atoms with Gasteiger partial charge in [0.1, 0.15) is 11.6 Å². The Balaban J connectivity index is 0.00000196. The lowest BCUT2D eigenvalue weighted by atomic mass is 9.83. The van der Waals surface area contributed by atoms with Crippen molar-refractivity contribution in [2.75, 3.05) is 0 Å².